The zero-order valence-electron chi connectivity index (χ0n) is 18.0. The van der Waals surface area contributed by atoms with Gasteiger partial charge < -0.3 is 14.8 Å². The number of nitro benzene ring substituents is 1. The van der Waals surface area contributed by atoms with Gasteiger partial charge in [-0.2, -0.15) is 0 Å². The number of hydrogen-bond donors (Lipinski definition) is 1. The molecule has 1 aliphatic rings. The molecule has 1 heterocycles. The van der Waals surface area contributed by atoms with Crippen molar-refractivity contribution in [1.82, 2.24) is 0 Å². The highest BCUT2D eigenvalue weighted by atomic mass is 35.5. The summed E-state index contributed by atoms with van der Waals surface area (Å²) in [6, 6.07) is 18.6. The number of para-hydroxylation sites is 2. The van der Waals surface area contributed by atoms with E-state index in [-0.39, 0.29) is 23.0 Å². The van der Waals surface area contributed by atoms with Crippen LogP contribution in [0.25, 0.3) is 0 Å². The molecular weight excluding hydrogens is 478 g/mol. The number of non-ortho nitro benzene ring substituents is 1. The van der Waals surface area contributed by atoms with Crippen molar-refractivity contribution in [3.05, 3.63) is 93.5 Å². The molecule has 2 amide bonds. The van der Waals surface area contributed by atoms with Gasteiger partial charge in [0.2, 0.25) is 6.10 Å². The number of amides is 2. The van der Waals surface area contributed by atoms with Crippen LogP contribution in [0.5, 0.6) is 5.75 Å². The molecule has 0 radical (unpaired) electrons. The maximum Gasteiger partial charge on any atom is 0.327 e. The molecule has 1 unspecified atom stereocenters. The molecule has 0 fully saturated rings. The Labute approximate surface area is 204 Å². The third kappa shape index (κ3) is 5.39. The van der Waals surface area contributed by atoms with Crippen molar-refractivity contribution >= 4 is 46.4 Å². The Morgan fingerprint density at radius 3 is 2.54 bits per heavy atom. The van der Waals surface area contributed by atoms with Crippen LogP contribution >= 0.6 is 11.6 Å². The molecule has 0 saturated carbocycles. The summed E-state index contributed by atoms with van der Waals surface area (Å²) in [7, 11) is 0. The summed E-state index contributed by atoms with van der Waals surface area (Å²) >= 11 is 6.08. The van der Waals surface area contributed by atoms with Crippen LogP contribution in [0, 0.1) is 10.1 Å². The molecule has 0 saturated heterocycles. The van der Waals surface area contributed by atoms with E-state index in [1.807, 2.05) is 0 Å². The normalized spacial score (nSPS) is 13.3. The number of hydrogen-bond acceptors (Lipinski definition) is 7. The smallest absolute Gasteiger partial charge is 0.327 e. The van der Waals surface area contributed by atoms with Crippen molar-refractivity contribution in [2.24, 2.45) is 0 Å². The molecular formula is C24H18ClN3O7. The Balaban J connectivity index is 1.54. The Hall–Kier alpha value is -4.44. The standard InChI is InChI=1S/C24H18ClN3O7/c25-17-12-16(28(32)33)10-11-18(17)26-24(31)23(15-6-2-1-3-7-15)35-22(30)13-27-19-8-4-5-9-20(19)34-14-21(27)29/h1-12,23H,13-14H2,(H,26,31). The number of rotatable bonds is 7. The summed E-state index contributed by atoms with van der Waals surface area (Å²) in [5.41, 5.74) is 0.662. The highest BCUT2D eigenvalue weighted by Crippen LogP contribution is 2.32. The Morgan fingerprint density at radius 1 is 1.11 bits per heavy atom. The number of carbonyl (C=O) groups excluding carboxylic acids is 3. The highest BCUT2D eigenvalue weighted by Gasteiger charge is 2.31. The van der Waals surface area contributed by atoms with E-state index in [4.69, 9.17) is 21.1 Å². The van der Waals surface area contributed by atoms with Crippen LogP contribution in [0.4, 0.5) is 17.1 Å². The second-order valence-electron chi connectivity index (χ2n) is 7.43. The van der Waals surface area contributed by atoms with E-state index in [9.17, 15) is 24.5 Å². The molecule has 4 rings (SSSR count). The summed E-state index contributed by atoms with van der Waals surface area (Å²) in [6.07, 6.45) is -1.37. The lowest BCUT2D eigenvalue weighted by molar-refractivity contribution is -0.384. The largest absolute Gasteiger partial charge is 0.482 e. The molecule has 11 heteroatoms. The van der Waals surface area contributed by atoms with Gasteiger partial charge in [-0.25, -0.2) is 0 Å². The summed E-state index contributed by atoms with van der Waals surface area (Å²) in [5.74, 6) is -1.54. The van der Waals surface area contributed by atoms with Gasteiger partial charge in [-0.15, -0.1) is 0 Å². The first kappa shape index (κ1) is 23.7. The fraction of sp³-hybridized carbons (Fsp3) is 0.125. The molecule has 3 aromatic rings. The number of benzene rings is 3. The van der Waals surface area contributed by atoms with Gasteiger partial charge in [-0.05, 0) is 18.2 Å². The van der Waals surface area contributed by atoms with Gasteiger partial charge in [0.25, 0.3) is 17.5 Å². The van der Waals surface area contributed by atoms with Gasteiger partial charge in [-0.3, -0.25) is 29.4 Å². The minimum atomic E-state index is -1.37. The molecule has 10 nitrogen and oxygen atoms in total. The Bertz CT molecular complexity index is 1300. The second-order valence-corrected chi connectivity index (χ2v) is 7.83. The average molecular weight is 496 g/mol. The van der Waals surface area contributed by atoms with Crippen LogP contribution in [0.1, 0.15) is 11.7 Å². The number of nitro groups is 1. The zero-order valence-corrected chi connectivity index (χ0v) is 18.8. The molecule has 0 aliphatic carbocycles. The molecule has 0 spiro atoms. The second kappa shape index (κ2) is 10.2. The maximum absolute atomic E-state index is 13.1. The molecule has 0 aromatic heterocycles. The SMILES string of the molecule is O=C(CN1C(=O)COc2ccccc21)OC(C(=O)Nc1ccc([N+](=O)[O-])cc1Cl)c1ccccc1. The van der Waals surface area contributed by atoms with Crippen LogP contribution in [0.3, 0.4) is 0 Å². The zero-order chi connectivity index (χ0) is 24.9. The number of halogens is 1. The maximum atomic E-state index is 13.1. The molecule has 3 aromatic carbocycles. The minimum absolute atomic E-state index is 0.0544. The first-order valence-electron chi connectivity index (χ1n) is 10.3. The Kier molecular flexibility index (Phi) is 6.93. The number of fused-ring (bicyclic) bond motifs is 1. The predicted octanol–water partition coefficient (Wildman–Crippen LogP) is 3.90. The van der Waals surface area contributed by atoms with Crippen molar-refractivity contribution < 1.29 is 28.8 Å². The number of anilines is 2. The van der Waals surface area contributed by atoms with Crippen molar-refractivity contribution in [3.8, 4) is 5.75 Å². The molecule has 1 aliphatic heterocycles. The van der Waals surface area contributed by atoms with Crippen LogP contribution in [-0.4, -0.2) is 35.9 Å². The summed E-state index contributed by atoms with van der Waals surface area (Å²) in [4.78, 5) is 49.9. The van der Waals surface area contributed by atoms with Crippen LogP contribution in [0.2, 0.25) is 5.02 Å². The van der Waals surface area contributed by atoms with Gasteiger partial charge >= 0.3 is 5.97 Å². The van der Waals surface area contributed by atoms with E-state index in [1.54, 1.807) is 54.6 Å². The van der Waals surface area contributed by atoms with Gasteiger partial charge in [-0.1, -0.05) is 54.1 Å². The topological polar surface area (TPSA) is 128 Å². The van der Waals surface area contributed by atoms with E-state index in [0.717, 1.165) is 6.07 Å². The molecule has 1 N–H and O–H groups in total. The third-order valence-electron chi connectivity index (χ3n) is 5.11. The summed E-state index contributed by atoms with van der Waals surface area (Å²) in [5, 5.41) is 13.4. The third-order valence-corrected chi connectivity index (χ3v) is 5.42. The lowest BCUT2D eigenvalue weighted by Gasteiger charge is -2.29. The van der Waals surface area contributed by atoms with Crippen molar-refractivity contribution in [1.29, 1.82) is 0 Å². The number of carbonyl (C=O) groups is 3. The van der Waals surface area contributed by atoms with Crippen molar-refractivity contribution in [2.45, 2.75) is 6.10 Å². The summed E-state index contributed by atoms with van der Waals surface area (Å²) in [6.45, 7) is -0.667. The van der Waals surface area contributed by atoms with Crippen LogP contribution in [-0.2, 0) is 19.1 Å². The fourth-order valence-electron chi connectivity index (χ4n) is 3.44. The van der Waals surface area contributed by atoms with E-state index in [2.05, 4.69) is 5.32 Å². The van der Waals surface area contributed by atoms with Crippen molar-refractivity contribution in [2.75, 3.05) is 23.4 Å². The molecule has 35 heavy (non-hydrogen) atoms. The number of esters is 1. The van der Waals surface area contributed by atoms with Crippen molar-refractivity contribution in [3.63, 3.8) is 0 Å². The molecule has 178 valence electrons. The number of ether oxygens (including phenoxy) is 2. The van der Waals surface area contributed by atoms with Gasteiger partial charge in [0.15, 0.2) is 6.61 Å². The van der Waals surface area contributed by atoms with E-state index >= 15 is 0 Å². The number of nitrogens with zero attached hydrogens (tertiary/aromatic N) is 2. The van der Waals surface area contributed by atoms with Gasteiger partial charge in [0, 0.05) is 17.7 Å². The van der Waals surface area contributed by atoms with Gasteiger partial charge in [0.05, 0.1) is 21.3 Å². The molecule has 1 atom stereocenters. The first-order chi connectivity index (χ1) is 16.8. The molecule has 0 bridgehead atoms. The lowest BCUT2D eigenvalue weighted by Crippen LogP contribution is -2.43. The summed E-state index contributed by atoms with van der Waals surface area (Å²) < 4.78 is 10.9. The fourth-order valence-corrected chi connectivity index (χ4v) is 3.67. The Morgan fingerprint density at radius 2 is 1.83 bits per heavy atom. The van der Waals surface area contributed by atoms with Gasteiger partial charge in [0.1, 0.15) is 12.3 Å². The predicted molar refractivity (Wildman–Crippen MR) is 126 cm³/mol. The quantitative estimate of drug-likeness (QED) is 0.299. The number of nitrogens with one attached hydrogen (secondary N) is 1. The lowest BCUT2D eigenvalue weighted by atomic mass is 10.1. The average Bonchev–Trinajstić information content (AvgIpc) is 2.86. The van der Waals surface area contributed by atoms with Crippen LogP contribution in [0.15, 0.2) is 72.8 Å². The monoisotopic (exact) mass is 495 g/mol. The van der Waals surface area contributed by atoms with E-state index in [1.165, 1.54) is 17.0 Å². The minimum Gasteiger partial charge on any atom is -0.482 e. The van der Waals surface area contributed by atoms with E-state index < -0.39 is 35.4 Å². The van der Waals surface area contributed by atoms with E-state index in [0.29, 0.717) is 17.0 Å². The van der Waals surface area contributed by atoms with Crippen LogP contribution < -0.4 is 15.0 Å². The highest BCUT2D eigenvalue weighted by molar-refractivity contribution is 6.34. The first-order valence-corrected chi connectivity index (χ1v) is 10.7.